The highest BCUT2D eigenvalue weighted by molar-refractivity contribution is 5.13. The third-order valence-electron chi connectivity index (χ3n) is 2.78. The van der Waals surface area contributed by atoms with Crippen molar-refractivity contribution in [2.45, 2.75) is 25.2 Å². The number of ether oxygens (including phenoxy) is 2. The van der Waals surface area contributed by atoms with Crippen LogP contribution in [0.1, 0.15) is 12.0 Å². The first-order chi connectivity index (χ1) is 8.40. The zero-order valence-electron chi connectivity index (χ0n) is 9.53. The van der Waals surface area contributed by atoms with Gasteiger partial charge in [0.2, 0.25) is 0 Å². The molecule has 17 heavy (non-hydrogen) atoms. The number of hydrogen-bond acceptors (Lipinski definition) is 3. The van der Waals surface area contributed by atoms with Gasteiger partial charge in [-0.1, -0.05) is 35.4 Å². The molecule has 1 fully saturated rings. The number of benzene rings is 1. The van der Waals surface area contributed by atoms with Gasteiger partial charge in [-0.25, -0.2) is 0 Å². The fourth-order valence-corrected chi connectivity index (χ4v) is 1.84. The summed E-state index contributed by atoms with van der Waals surface area (Å²) in [4.78, 5) is 2.85. The first kappa shape index (κ1) is 11.9. The van der Waals surface area contributed by atoms with Crippen molar-refractivity contribution in [2.24, 2.45) is 5.11 Å². The van der Waals surface area contributed by atoms with E-state index in [1.165, 1.54) is 0 Å². The van der Waals surface area contributed by atoms with Crippen LogP contribution in [0.4, 0.5) is 0 Å². The summed E-state index contributed by atoms with van der Waals surface area (Å²) in [5.41, 5.74) is 9.59. The third kappa shape index (κ3) is 3.46. The van der Waals surface area contributed by atoms with E-state index in [-0.39, 0.29) is 12.1 Å². The van der Waals surface area contributed by atoms with E-state index < -0.39 is 0 Å². The molecule has 0 aliphatic carbocycles. The predicted molar refractivity (Wildman–Crippen MR) is 63.4 cm³/mol. The predicted octanol–water partition coefficient (Wildman–Crippen LogP) is 2.67. The van der Waals surface area contributed by atoms with Crippen molar-refractivity contribution in [1.82, 2.24) is 0 Å². The van der Waals surface area contributed by atoms with Gasteiger partial charge in [0.05, 0.1) is 25.4 Å². The largest absolute Gasteiger partial charge is 0.379 e. The number of nitrogens with zero attached hydrogens (tertiary/aromatic N) is 3. The molecule has 0 amide bonds. The van der Waals surface area contributed by atoms with E-state index in [4.69, 9.17) is 15.0 Å². The minimum Gasteiger partial charge on any atom is -0.379 e. The molecular formula is C12H15N3O2. The van der Waals surface area contributed by atoms with Crippen LogP contribution in [0.5, 0.6) is 0 Å². The zero-order valence-corrected chi connectivity index (χ0v) is 9.53. The van der Waals surface area contributed by atoms with Crippen LogP contribution in [0, 0.1) is 0 Å². The number of hydrogen-bond donors (Lipinski definition) is 0. The summed E-state index contributed by atoms with van der Waals surface area (Å²) in [6.45, 7) is 1.65. The lowest BCUT2D eigenvalue weighted by Crippen LogP contribution is -2.37. The van der Waals surface area contributed by atoms with E-state index in [1.807, 2.05) is 30.3 Å². The Bertz CT molecular complexity index is 390. The SMILES string of the molecule is [N-]=[N+]=N[C@@H]1CCOC[C@H]1OCc1ccccc1. The van der Waals surface area contributed by atoms with Crippen LogP contribution in [-0.4, -0.2) is 25.4 Å². The van der Waals surface area contributed by atoms with Gasteiger partial charge in [0, 0.05) is 11.5 Å². The van der Waals surface area contributed by atoms with Crippen LogP contribution in [0.3, 0.4) is 0 Å². The van der Waals surface area contributed by atoms with Gasteiger partial charge >= 0.3 is 0 Å². The molecule has 0 bridgehead atoms. The lowest BCUT2D eigenvalue weighted by molar-refractivity contribution is -0.0677. The quantitative estimate of drug-likeness (QED) is 0.456. The van der Waals surface area contributed by atoms with Crippen LogP contribution in [0.15, 0.2) is 35.4 Å². The van der Waals surface area contributed by atoms with Gasteiger partial charge in [0.25, 0.3) is 0 Å². The summed E-state index contributed by atoms with van der Waals surface area (Å²) in [5, 5.41) is 3.75. The average molecular weight is 233 g/mol. The molecule has 0 saturated carbocycles. The summed E-state index contributed by atoms with van der Waals surface area (Å²) < 4.78 is 11.1. The molecule has 5 heteroatoms. The molecule has 0 spiro atoms. The minimum absolute atomic E-state index is 0.113. The molecular weight excluding hydrogens is 218 g/mol. The Balaban J connectivity index is 1.90. The van der Waals surface area contributed by atoms with Gasteiger partial charge in [-0.2, -0.15) is 0 Å². The van der Waals surface area contributed by atoms with Gasteiger partial charge in [0.15, 0.2) is 0 Å². The molecule has 2 rings (SSSR count). The molecule has 90 valence electrons. The monoisotopic (exact) mass is 233 g/mol. The second-order valence-electron chi connectivity index (χ2n) is 3.97. The molecule has 0 N–H and O–H groups in total. The van der Waals surface area contributed by atoms with Crippen molar-refractivity contribution >= 4 is 0 Å². The summed E-state index contributed by atoms with van der Waals surface area (Å²) >= 11 is 0. The Labute approximate surface area is 100.0 Å². The molecule has 1 aromatic rings. The smallest absolute Gasteiger partial charge is 0.0898 e. The summed E-state index contributed by atoms with van der Waals surface area (Å²) in [5.74, 6) is 0. The Morgan fingerprint density at radius 3 is 3.00 bits per heavy atom. The Morgan fingerprint density at radius 1 is 1.41 bits per heavy atom. The zero-order chi connectivity index (χ0) is 11.9. The summed E-state index contributed by atoms with van der Waals surface area (Å²) in [7, 11) is 0. The van der Waals surface area contributed by atoms with Gasteiger partial charge in [-0.15, -0.1) is 0 Å². The first-order valence-electron chi connectivity index (χ1n) is 5.67. The van der Waals surface area contributed by atoms with Crippen molar-refractivity contribution < 1.29 is 9.47 Å². The molecule has 0 unspecified atom stereocenters. The fraction of sp³-hybridized carbons (Fsp3) is 0.500. The van der Waals surface area contributed by atoms with Crippen LogP contribution < -0.4 is 0 Å². The average Bonchev–Trinajstić information content (AvgIpc) is 2.39. The summed E-state index contributed by atoms with van der Waals surface area (Å²) in [6.07, 6.45) is 0.587. The topological polar surface area (TPSA) is 67.2 Å². The number of azide groups is 1. The van der Waals surface area contributed by atoms with Crippen LogP contribution in [-0.2, 0) is 16.1 Å². The van der Waals surface area contributed by atoms with E-state index in [0.717, 1.165) is 12.0 Å². The van der Waals surface area contributed by atoms with Crippen LogP contribution >= 0.6 is 0 Å². The molecule has 0 radical (unpaired) electrons. The normalized spacial score (nSPS) is 24.0. The first-order valence-corrected chi connectivity index (χ1v) is 5.67. The van der Waals surface area contributed by atoms with E-state index in [1.54, 1.807) is 0 Å². The Morgan fingerprint density at radius 2 is 2.24 bits per heavy atom. The van der Waals surface area contributed by atoms with Gasteiger partial charge in [0.1, 0.15) is 0 Å². The highest BCUT2D eigenvalue weighted by atomic mass is 16.5. The summed E-state index contributed by atoms with van der Waals surface area (Å²) in [6, 6.07) is 9.81. The molecule has 1 aromatic carbocycles. The molecule has 1 aliphatic heterocycles. The number of rotatable bonds is 4. The van der Waals surface area contributed by atoms with Crippen molar-refractivity contribution in [3.8, 4) is 0 Å². The Hall–Kier alpha value is -1.55. The third-order valence-corrected chi connectivity index (χ3v) is 2.78. The van der Waals surface area contributed by atoms with Gasteiger partial charge in [-0.05, 0) is 17.5 Å². The van der Waals surface area contributed by atoms with Crippen LogP contribution in [0.2, 0.25) is 0 Å². The molecule has 1 aliphatic rings. The van der Waals surface area contributed by atoms with E-state index in [0.29, 0.717) is 19.8 Å². The Kier molecular flexibility index (Phi) is 4.38. The van der Waals surface area contributed by atoms with Gasteiger partial charge < -0.3 is 9.47 Å². The molecule has 0 aromatic heterocycles. The van der Waals surface area contributed by atoms with E-state index in [2.05, 4.69) is 10.0 Å². The van der Waals surface area contributed by atoms with Crippen molar-refractivity contribution in [3.63, 3.8) is 0 Å². The minimum atomic E-state index is -0.139. The van der Waals surface area contributed by atoms with Crippen molar-refractivity contribution in [3.05, 3.63) is 46.3 Å². The van der Waals surface area contributed by atoms with Gasteiger partial charge in [-0.3, -0.25) is 0 Å². The fourth-order valence-electron chi connectivity index (χ4n) is 1.84. The maximum Gasteiger partial charge on any atom is 0.0898 e. The van der Waals surface area contributed by atoms with Crippen molar-refractivity contribution in [1.29, 1.82) is 0 Å². The maximum absolute atomic E-state index is 8.48. The van der Waals surface area contributed by atoms with Crippen LogP contribution in [0.25, 0.3) is 10.4 Å². The molecule has 1 heterocycles. The van der Waals surface area contributed by atoms with E-state index in [9.17, 15) is 0 Å². The molecule has 1 saturated heterocycles. The lowest BCUT2D eigenvalue weighted by atomic mass is 10.1. The highest BCUT2D eigenvalue weighted by Gasteiger charge is 2.25. The second-order valence-corrected chi connectivity index (χ2v) is 3.97. The standard InChI is InChI=1S/C12H15N3O2/c13-15-14-11-6-7-16-9-12(11)17-8-10-4-2-1-3-5-10/h1-5,11-12H,6-9H2/t11-,12-/m1/s1. The molecule has 2 atom stereocenters. The highest BCUT2D eigenvalue weighted by Crippen LogP contribution is 2.16. The van der Waals surface area contributed by atoms with Crippen molar-refractivity contribution in [2.75, 3.05) is 13.2 Å². The lowest BCUT2D eigenvalue weighted by Gasteiger charge is -2.28. The second kappa shape index (κ2) is 6.25. The van der Waals surface area contributed by atoms with E-state index >= 15 is 0 Å². The maximum atomic E-state index is 8.48. The molecule has 5 nitrogen and oxygen atoms in total.